The maximum atomic E-state index is 5.49. The summed E-state index contributed by atoms with van der Waals surface area (Å²) < 4.78 is 5.49. The lowest BCUT2D eigenvalue weighted by Crippen LogP contribution is -2.41. The Hall–Kier alpha value is -0.490. The number of likely N-dealkylation sites (tertiary alicyclic amines) is 1. The minimum absolute atomic E-state index is 0.623. The average Bonchev–Trinajstić information content (AvgIpc) is 3.02. The lowest BCUT2D eigenvalue weighted by Gasteiger charge is -2.36. The van der Waals surface area contributed by atoms with Crippen molar-refractivity contribution in [3.05, 3.63) is 16.6 Å². The Labute approximate surface area is 143 Å². The van der Waals surface area contributed by atoms with E-state index in [1.807, 2.05) is 6.20 Å². The van der Waals surface area contributed by atoms with E-state index in [0.717, 1.165) is 31.7 Å². The monoisotopic (exact) mass is 335 g/mol. The van der Waals surface area contributed by atoms with Crippen LogP contribution < -0.4 is 0 Å². The lowest BCUT2D eigenvalue weighted by atomic mass is 9.91. The van der Waals surface area contributed by atoms with Gasteiger partial charge in [0.05, 0.1) is 6.54 Å². The molecule has 1 atom stereocenters. The van der Waals surface area contributed by atoms with Crippen molar-refractivity contribution >= 4 is 11.3 Å². The second-order valence-corrected chi connectivity index (χ2v) is 8.76. The summed E-state index contributed by atoms with van der Waals surface area (Å²) in [6, 6.07) is 0.789. The fraction of sp³-hybridized carbons (Fsp3) is 0.833. The Morgan fingerprint density at radius 2 is 2.13 bits per heavy atom. The molecule has 2 aliphatic heterocycles. The Balaban J connectivity index is 1.23. The second-order valence-electron chi connectivity index (χ2n) is 7.78. The minimum Gasteiger partial charge on any atom is -0.381 e. The molecule has 3 fully saturated rings. The van der Waals surface area contributed by atoms with Crippen LogP contribution >= 0.6 is 11.3 Å². The van der Waals surface area contributed by atoms with Crippen LogP contribution in [0.3, 0.4) is 0 Å². The van der Waals surface area contributed by atoms with Crippen LogP contribution in [0.4, 0.5) is 0 Å². The molecule has 3 heterocycles. The van der Waals surface area contributed by atoms with Crippen molar-refractivity contribution < 1.29 is 4.74 Å². The summed E-state index contributed by atoms with van der Waals surface area (Å²) in [5.74, 6) is 0.875. The van der Waals surface area contributed by atoms with Crippen LogP contribution in [0.1, 0.15) is 37.1 Å². The zero-order valence-corrected chi connectivity index (χ0v) is 15.1. The molecule has 0 bridgehead atoms. The largest absolute Gasteiger partial charge is 0.381 e. The van der Waals surface area contributed by atoms with E-state index in [1.54, 1.807) is 11.3 Å². The maximum Gasteiger partial charge on any atom is 0.107 e. The quantitative estimate of drug-likeness (QED) is 0.827. The van der Waals surface area contributed by atoms with Gasteiger partial charge in [0.2, 0.25) is 0 Å². The SMILES string of the molecule is CN(Cc1nccs1)[C@@H]1CC12CCN(CC1CCOCC1)CC2. The molecule has 3 aliphatic rings. The molecule has 1 spiro atoms. The first-order valence-corrected chi connectivity index (χ1v) is 10.0. The van der Waals surface area contributed by atoms with Gasteiger partial charge in [-0.25, -0.2) is 4.98 Å². The van der Waals surface area contributed by atoms with Gasteiger partial charge < -0.3 is 9.64 Å². The summed E-state index contributed by atoms with van der Waals surface area (Å²) in [4.78, 5) is 9.70. The number of thiazole rings is 1. The molecule has 4 nitrogen and oxygen atoms in total. The molecular weight excluding hydrogens is 306 g/mol. The fourth-order valence-corrected chi connectivity index (χ4v) is 5.30. The molecule has 1 aromatic rings. The van der Waals surface area contributed by atoms with Gasteiger partial charge in [0.25, 0.3) is 0 Å². The highest BCUT2D eigenvalue weighted by Gasteiger charge is 2.56. The Bertz CT molecular complexity index is 492. The second kappa shape index (κ2) is 6.79. The topological polar surface area (TPSA) is 28.6 Å². The molecule has 4 rings (SSSR count). The van der Waals surface area contributed by atoms with Crippen LogP contribution in [0, 0.1) is 11.3 Å². The van der Waals surface area contributed by atoms with E-state index in [9.17, 15) is 0 Å². The summed E-state index contributed by atoms with van der Waals surface area (Å²) in [6.07, 6.45) is 8.64. The zero-order chi connectivity index (χ0) is 15.7. The molecule has 128 valence electrons. The van der Waals surface area contributed by atoms with Crippen LogP contribution in [0.15, 0.2) is 11.6 Å². The predicted molar refractivity (Wildman–Crippen MR) is 93.6 cm³/mol. The van der Waals surface area contributed by atoms with Gasteiger partial charge in [-0.05, 0) is 63.6 Å². The van der Waals surface area contributed by atoms with Crippen LogP contribution in [-0.4, -0.2) is 60.7 Å². The summed E-state index contributed by atoms with van der Waals surface area (Å²) in [5.41, 5.74) is 0.623. The maximum absolute atomic E-state index is 5.49. The van der Waals surface area contributed by atoms with Gasteiger partial charge in [0.15, 0.2) is 0 Å². The first-order chi connectivity index (χ1) is 11.3. The van der Waals surface area contributed by atoms with Crippen molar-refractivity contribution in [2.45, 2.75) is 44.7 Å². The van der Waals surface area contributed by atoms with Crippen molar-refractivity contribution in [2.75, 3.05) is 39.9 Å². The van der Waals surface area contributed by atoms with Crippen molar-refractivity contribution in [2.24, 2.45) is 11.3 Å². The number of hydrogen-bond acceptors (Lipinski definition) is 5. The Kier molecular flexibility index (Phi) is 4.72. The van der Waals surface area contributed by atoms with Gasteiger partial charge in [0, 0.05) is 37.4 Å². The third-order valence-corrected chi connectivity index (χ3v) is 7.02. The summed E-state index contributed by atoms with van der Waals surface area (Å²) >= 11 is 1.78. The third kappa shape index (κ3) is 3.63. The van der Waals surface area contributed by atoms with Crippen LogP contribution in [0.25, 0.3) is 0 Å². The number of rotatable bonds is 5. The third-order valence-electron chi connectivity index (χ3n) is 6.26. The van der Waals surface area contributed by atoms with E-state index >= 15 is 0 Å². The van der Waals surface area contributed by atoms with Crippen molar-refractivity contribution in [3.63, 3.8) is 0 Å². The van der Waals surface area contributed by atoms with E-state index < -0.39 is 0 Å². The standard InChI is InChI=1S/C18H29N3OS/c1-20(14-17-19-6-11-23-17)16-12-18(16)4-7-21(8-5-18)13-15-2-9-22-10-3-15/h6,11,15-16H,2-5,7-10,12-14H2,1H3/t16-/m1/s1. The number of ether oxygens (including phenoxy) is 1. The van der Waals surface area contributed by atoms with Gasteiger partial charge in [0.1, 0.15) is 5.01 Å². The molecular formula is C18H29N3OS. The molecule has 5 heteroatoms. The molecule has 1 aliphatic carbocycles. The van der Waals surface area contributed by atoms with Gasteiger partial charge in [-0.1, -0.05) is 0 Å². The number of nitrogens with zero attached hydrogens (tertiary/aromatic N) is 3. The molecule has 0 amide bonds. The first-order valence-electron chi connectivity index (χ1n) is 9.14. The molecule has 1 aromatic heterocycles. The highest BCUT2D eigenvalue weighted by atomic mass is 32.1. The number of piperidine rings is 1. The molecule has 0 unspecified atom stereocenters. The van der Waals surface area contributed by atoms with Gasteiger partial charge in [-0.3, -0.25) is 4.90 Å². The average molecular weight is 336 g/mol. The highest BCUT2D eigenvalue weighted by Crippen LogP contribution is 2.56. The van der Waals surface area contributed by atoms with E-state index in [0.29, 0.717) is 5.41 Å². The van der Waals surface area contributed by atoms with Gasteiger partial charge in [-0.15, -0.1) is 11.3 Å². The fourth-order valence-electron chi connectivity index (χ4n) is 4.62. The van der Waals surface area contributed by atoms with E-state index in [-0.39, 0.29) is 0 Å². The summed E-state index contributed by atoms with van der Waals surface area (Å²) in [5, 5.41) is 3.34. The van der Waals surface area contributed by atoms with E-state index in [2.05, 4.69) is 27.2 Å². The summed E-state index contributed by atoms with van der Waals surface area (Å²) in [7, 11) is 2.29. The van der Waals surface area contributed by atoms with Crippen LogP contribution in [0.5, 0.6) is 0 Å². The molecule has 0 N–H and O–H groups in total. The van der Waals surface area contributed by atoms with Crippen molar-refractivity contribution in [1.82, 2.24) is 14.8 Å². The van der Waals surface area contributed by atoms with E-state index in [1.165, 1.54) is 56.7 Å². The zero-order valence-electron chi connectivity index (χ0n) is 14.2. The lowest BCUT2D eigenvalue weighted by molar-refractivity contribution is 0.0439. The van der Waals surface area contributed by atoms with Crippen molar-refractivity contribution in [3.8, 4) is 0 Å². The normalized spacial score (nSPS) is 28.5. The summed E-state index contributed by atoms with van der Waals surface area (Å²) in [6.45, 7) is 6.89. The Morgan fingerprint density at radius 3 is 2.83 bits per heavy atom. The molecule has 0 aromatic carbocycles. The van der Waals surface area contributed by atoms with E-state index in [4.69, 9.17) is 4.74 Å². The first kappa shape index (κ1) is 16.0. The van der Waals surface area contributed by atoms with Crippen LogP contribution in [0.2, 0.25) is 0 Å². The Morgan fingerprint density at radius 1 is 1.35 bits per heavy atom. The minimum atomic E-state index is 0.623. The molecule has 23 heavy (non-hydrogen) atoms. The van der Waals surface area contributed by atoms with Crippen molar-refractivity contribution in [1.29, 1.82) is 0 Å². The molecule has 0 radical (unpaired) electrons. The van der Waals surface area contributed by atoms with Gasteiger partial charge in [-0.2, -0.15) is 0 Å². The highest BCUT2D eigenvalue weighted by molar-refractivity contribution is 7.09. The van der Waals surface area contributed by atoms with Crippen LogP contribution in [-0.2, 0) is 11.3 Å². The predicted octanol–water partition coefficient (Wildman–Crippen LogP) is 2.86. The number of hydrogen-bond donors (Lipinski definition) is 0. The van der Waals surface area contributed by atoms with Gasteiger partial charge >= 0.3 is 0 Å². The molecule has 2 saturated heterocycles. The molecule has 1 saturated carbocycles. The number of aromatic nitrogens is 1. The smallest absolute Gasteiger partial charge is 0.107 e.